The summed E-state index contributed by atoms with van der Waals surface area (Å²) in [6.07, 6.45) is 8.51. The highest BCUT2D eigenvalue weighted by Gasteiger charge is 2.32. The Kier molecular flexibility index (Phi) is 10.0. The van der Waals surface area contributed by atoms with Crippen LogP contribution in [0.1, 0.15) is 66.2 Å². The van der Waals surface area contributed by atoms with E-state index in [0.717, 1.165) is 71.2 Å². The Bertz CT molecular complexity index is 1420. The number of aliphatic hydroxyl groups is 1. The van der Waals surface area contributed by atoms with E-state index in [1.807, 2.05) is 25.1 Å². The van der Waals surface area contributed by atoms with Crippen molar-refractivity contribution in [2.45, 2.75) is 58.0 Å². The molecule has 9 heteroatoms. The van der Waals surface area contributed by atoms with Gasteiger partial charge in [0.2, 0.25) is 0 Å². The summed E-state index contributed by atoms with van der Waals surface area (Å²) in [6.45, 7) is 5.80. The summed E-state index contributed by atoms with van der Waals surface area (Å²) >= 11 is 1.75. The molecule has 5 rings (SSSR count). The van der Waals surface area contributed by atoms with Crippen LogP contribution in [-0.4, -0.2) is 62.0 Å². The van der Waals surface area contributed by atoms with Gasteiger partial charge in [0.05, 0.1) is 16.7 Å². The normalized spacial score (nSPS) is 21.3. The third-order valence-electron chi connectivity index (χ3n) is 8.45. The van der Waals surface area contributed by atoms with E-state index >= 15 is 0 Å². The molecule has 1 saturated carbocycles. The number of Topliss-reactive ketones (excluding diaryl/α,β-unsaturated/α-hetero) is 1. The molecule has 40 heavy (non-hydrogen) atoms. The van der Waals surface area contributed by atoms with Gasteiger partial charge in [0, 0.05) is 36.5 Å². The van der Waals surface area contributed by atoms with Gasteiger partial charge in [-0.1, -0.05) is 42.3 Å². The molecule has 0 bridgehead atoms. The van der Waals surface area contributed by atoms with Gasteiger partial charge in [-0.05, 0) is 92.2 Å². The molecule has 2 aromatic carbocycles. The lowest BCUT2D eigenvalue weighted by Crippen LogP contribution is -2.33. The van der Waals surface area contributed by atoms with Crippen LogP contribution < -0.4 is 5.73 Å². The summed E-state index contributed by atoms with van der Waals surface area (Å²) in [5.74, 6) is -0.191. The number of nitrogens with one attached hydrogen (secondary N) is 1. The number of aromatic amines is 1. The summed E-state index contributed by atoms with van der Waals surface area (Å²) < 4.78 is 2.32. The number of hydrogen-bond acceptors (Lipinski definition) is 5. The number of rotatable bonds is 7. The van der Waals surface area contributed by atoms with E-state index in [1.165, 1.54) is 5.57 Å². The second-order valence-electron chi connectivity index (χ2n) is 11.1. The lowest BCUT2D eigenvalue weighted by Gasteiger charge is -2.32. The quantitative estimate of drug-likeness (QED) is 0.367. The van der Waals surface area contributed by atoms with Gasteiger partial charge in [-0.25, -0.2) is 4.31 Å². The van der Waals surface area contributed by atoms with E-state index in [1.54, 1.807) is 18.0 Å². The first-order valence-corrected chi connectivity index (χ1v) is 14.6. The molecular weight excluding hydrogens is 526 g/mol. The maximum Gasteiger partial charge on any atom is 0.250 e. The lowest BCUT2D eigenvalue weighted by molar-refractivity contribution is -0.124. The van der Waals surface area contributed by atoms with Crippen molar-refractivity contribution >= 4 is 40.1 Å². The van der Waals surface area contributed by atoms with E-state index in [4.69, 9.17) is 5.73 Å². The Morgan fingerprint density at radius 1 is 1.15 bits per heavy atom. The number of nitrogens with zero attached hydrogens (tertiary/aromatic N) is 1. The van der Waals surface area contributed by atoms with Crippen LogP contribution in [0.25, 0.3) is 27.6 Å². The zero-order valence-corrected chi connectivity index (χ0v) is 24.3. The van der Waals surface area contributed by atoms with E-state index in [-0.39, 0.29) is 22.7 Å². The number of carbonyl (C=O) groups excluding carboxylic acids is 2. The Hall–Kier alpha value is -2.95. The number of primary amides is 1. The molecule has 0 unspecified atom stereocenters. The van der Waals surface area contributed by atoms with E-state index in [2.05, 4.69) is 40.7 Å². The number of benzene rings is 2. The summed E-state index contributed by atoms with van der Waals surface area (Å²) in [6, 6.07) is 12.1. The summed E-state index contributed by atoms with van der Waals surface area (Å²) in [5.41, 5.74) is 12.8. The Morgan fingerprint density at radius 3 is 2.50 bits per heavy atom. The largest absolute Gasteiger partial charge is 0.412 e. The number of amides is 1. The molecule has 0 atom stereocenters. The zero-order valence-electron chi connectivity index (χ0n) is 23.5. The number of fused-ring (bicyclic) bond motifs is 1. The molecule has 1 aliphatic carbocycles. The van der Waals surface area contributed by atoms with Crippen LogP contribution in [-0.2, 0) is 11.2 Å². The Balaban J connectivity index is 0.00000220. The van der Waals surface area contributed by atoms with Crippen LogP contribution in [0.2, 0.25) is 0 Å². The summed E-state index contributed by atoms with van der Waals surface area (Å²) in [4.78, 5) is 29.0. The van der Waals surface area contributed by atoms with Crippen LogP contribution in [0.3, 0.4) is 0 Å². The minimum atomic E-state index is -0.646. The maximum absolute atomic E-state index is 13.2. The number of ketones is 1. The molecule has 8 N–H and O–H groups in total. The van der Waals surface area contributed by atoms with Gasteiger partial charge in [-0.3, -0.25) is 9.59 Å². The van der Waals surface area contributed by atoms with Gasteiger partial charge in [-0.15, -0.1) is 0 Å². The van der Waals surface area contributed by atoms with Crippen molar-refractivity contribution in [2.24, 2.45) is 11.7 Å². The molecule has 2 heterocycles. The topological polar surface area (TPSA) is 162 Å². The van der Waals surface area contributed by atoms with E-state index in [9.17, 15) is 14.7 Å². The highest BCUT2D eigenvalue weighted by atomic mass is 32.2. The van der Waals surface area contributed by atoms with Gasteiger partial charge in [-0.2, -0.15) is 0 Å². The smallest absolute Gasteiger partial charge is 0.250 e. The van der Waals surface area contributed by atoms with E-state index < -0.39 is 11.5 Å². The molecule has 216 valence electrons. The number of H-pyrrole nitrogens is 1. The molecule has 1 aromatic heterocycles. The Labute approximate surface area is 239 Å². The number of aromatic nitrogens is 1. The van der Waals surface area contributed by atoms with Crippen molar-refractivity contribution in [3.8, 4) is 11.1 Å². The number of carbonyl (C=O) groups is 2. The van der Waals surface area contributed by atoms with Crippen LogP contribution >= 0.6 is 11.9 Å². The molecule has 1 fully saturated rings. The molecular formula is C31H41N3O5S. The van der Waals surface area contributed by atoms with Crippen molar-refractivity contribution in [1.29, 1.82) is 0 Å². The van der Waals surface area contributed by atoms with Crippen molar-refractivity contribution < 1.29 is 25.6 Å². The van der Waals surface area contributed by atoms with Gasteiger partial charge >= 0.3 is 0 Å². The average molecular weight is 568 g/mol. The van der Waals surface area contributed by atoms with Crippen molar-refractivity contribution in [2.75, 3.05) is 19.3 Å². The second kappa shape index (κ2) is 12.7. The summed E-state index contributed by atoms with van der Waals surface area (Å²) in [7, 11) is 0. The van der Waals surface area contributed by atoms with Gasteiger partial charge in [0.1, 0.15) is 5.78 Å². The van der Waals surface area contributed by atoms with Crippen LogP contribution in [0.15, 0.2) is 42.5 Å². The fourth-order valence-electron chi connectivity index (χ4n) is 5.95. The SMILES string of the molecule is CSN1CC=C(c2cc3c(-c4cccc(CC(=O)C5CCC(C)(O)CC5)c4C)ccc(C(N)=O)c3[nH]2)CC1.O.O. The molecule has 1 aliphatic heterocycles. The third-order valence-corrected chi connectivity index (χ3v) is 9.30. The van der Waals surface area contributed by atoms with Gasteiger partial charge in [0.25, 0.3) is 5.91 Å². The maximum atomic E-state index is 13.2. The lowest BCUT2D eigenvalue weighted by atomic mass is 9.77. The molecule has 2 aliphatic rings. The minimum Gasteiger partial charge on any atom is -0.412 e. The van der Waals surface area contributed by atoms with Gasteiger partial charge in [0.15, 0.2) is 0 Å². The van der Waals surface area contributed by atoms with Crippen molar-refractivity contribution in [3.63, 3.8) is 0 Å². The fraction of sp³-hybridized carbons (Fsp3) is 0.419. The fourth-order valence-corrected chi connectivity index (χ4v) is 6.45. The third kappa shape index (κ3) is 6.34. The minimum absolute atomic E-state index is 0. The first-order chi connectivity index (χ1) is 18.2. The number of hydrogen-bond donors (Lipinski definition) is 3. The molecule has 1 amide bonds. The van der Waals surface area contributed by atoms with Crippen molar-refractivity contribution in [1.82, 2.24) is 9.29 Å². The first-order valence-electron chi connectivity index (χ1n) is 13.4. The summed E-state index contributed by atoms with van der Waals surface area (Å²) in [5, 5.41) is 11.2. The van der Waals surface area contributed by atoms with Crippen molar-refractivity contribution in [3.05, 3.63) is 64.9 Å². The molecule has 0 saturated heterocycles. The van der Waals surface area contributed by atoms with E-state index in [0.29, 0.717) is 24.8 Å². The molecule has 3 aromatic rings. The predicted molar refractivity (Wildman–Crippen MR) is 163 cm³/mol. The van der Waals surface area contributed by atoms with Gasteiger partial charge < -0.3 is 26.8 Å². The Morgan fingerprint density at radius 2 is 1.88 bits per heavy atom. The highest BCUT2D eigenvalue weighted by molar-refractivity contribution is 7.96. The standard InChI is InChI=1S/C31H37N3O3S.2H2O/c1-19-22(17-28(35)21-9-13-31(2,37)14-10-21)5-4-6-23(19)24-7-8-25(30(32)36)29-26(24)18-27(33-29)20-11-15-34(38-3)16-12-20;;/h4-8,11,18,21,33,37H,9-10,12-17H2,1-3H3,(H2,32,36);2*1H2. The molecule has 0 spiro atoms. The first kappa shape index (κ1) is 31.6. The highest BCUT2D eigenvalue weighted by Crippen LogP contribution is 2.38. The average Bonchev–Trinajstić information content (AvgIpc) is 3.35. The molecule has 0 radical (unpaired) electrons. The number of nitrogens with two attached hydrogens (primary N) is 1. The predicted octanol–water partition coefficient (Wildman–Crippen LogP) is 4.01. The zero-order chi connectivity index (χ0) is 27.0. The second-order valence-corrected chi connectivity index (χ2v) is 11.9. The monoisotopic (exact) mass is 567 g/mol. The van der Waals surface area contributed by atoms with Crippen LogP contribution in [0.5, 0.6) is 0 Å². The van der Waals surface area contributed by atoms with Crippen LogP contribution in [0, 0.1) is 12.8 Å². The van der Waals surface area contributed by atoms with Crippen LogP contribution in [0.4, 0.5) is 0 Å². The molecule has 8 nitrogen and oxygen atoms in total.